The maximum absolute atomic E-state index is 14.4. The number of alkyl halides is 3. The molecule has 1 aliphatic heterocycles. The van der Waals surface area contributed by atoms with Crippen molar-refractivity contribution in [3.63, 3.8) is 0 Å². The zero-order chi connectivity index (χ0) is 23.1. The third-order valence-corrected chi connectivity index (χ3v) is 5.11. The van der Waals surface area contributed by atoms with Gasteiger partial charge in [-0.2, -0.15) is 18.2 Å². The van der Waals surface area contributed by atoms with E-state index in [1.54, 1.807) is 22.5 Å². The third-order valence-electron chi connectivity index (χ3n) is 5.11. The van der Waals surface area contributed by atoms with Crippen molar-refractivity contribution in [2.24, 2.45) is 12.0 Å². The van der Waals surface area contributed by atoms with Crippen LogP contribution in [0.3, 0.4) is 0 Å². The second kappa shape index (κ2) is 7.97. The number of nitrogens with zero attached hydrogens (tertiary/aromatic N) is 3. The highest BCUT2D eigenvalue weighted by Gasteiger charge is 2.36. The molecule has 3 rings (SSSR count). The first-order valence-corrected chi connectivity index (χ1v) is 9.70. The number of carbonyl (C=O) groups is 2. The molecule has 6 nitrogen and oxygen atoms in total. The molecule has 2 aromatic rings. The van der Waals surface area contributed by atoms with Crippen molar-refractivity contribution >= 4 is 11.9 Å². The van der Waals surface area contributed by atoms with Crippen LogP contribution in [0.15, 0.2) is 29.3 Å². The van der Waals surface area contributed by atoms with E-state index in [-0.39, 0.29) is 29.8 Å². The number of rotatable bonds is 3. The van der Waals surface area contributed by atoms with Gasteiger partial charge >= 0.3 is 12.1 Å². The van der Waals surface area contributed by atoms with E-state index >= 15 is 0 Å². The van der Waals surface area contributed by atoms with Gasteiger partial charge in [0.15, 0.2) is 5.49 Å². The van der Waals surface area contributed by atoms with Crippen LogP contribution < -0.4 is 5.49 Å². The lowest BCUT2D eigenvalue weighted by Crippen LogP contribution is -2.30. The zero-order valence-electron chi connectivity index (χ0n) is 17.6. The molecule has 31 heavy (non-hydrogen) atoms. The molecule has 1 aliphatic rings. The average molecular weight is 441 g/mol. The van der Waals surface area contributed by atoms with Crippen LogP contribution in [0.4, 0.5) is 17.6 Å². The van der Waals surface area contributed by atoms with Gasteiger partial charge in [0.2, 0.25) is 0 Å². The highest BCUT2D eigenvalue weighted by Crippen LogP contribution is 2.32. The Labute approximate surface area is 176 Å². The Morgan fingerprint density at radius 2 is 1.94 bits per heavy atom. The molecule has 1 saturated heterocycles. The van der Waals surface area contributed by atoms with Gasteiger partial charge in [-0.3, -0.25) is 19.0 Å². The van der Waals surface area contributed by atoms with E-state index in [1.165, 1.54) is 0 Å². The van der Waals surface area contributed by atoms with Gasteiger partial charge in [0.25, 0.3) is 5.91 Å². The number of aromatic nitrogens is 2. The minimum absolute atomic E-state index is 0.136. The summed E-state index contributed by atoms with van der Waals surface area (Å²) >= 11 is 0. The molecule has 0 aliphatic carbocycles. The molecular weight excluding hydrogens is 418 g/mol. The molecule has 1 aromatic carbocycles. The fourth-order valence-corrected chi connectivity index (χ4v) is 3.57. The maximum Gasteiger partial charge on any atom is 0.419 e. The molecule has 0 saturated carbocycles. The van der Waals surface area contributed by atoms with E-state index in [0.717, 1.165) is 17.8 Å². The van der Waals surface area contributed by atoms with Crippen molar-refractivity contribution in [2.45, 2.75) is 57.9 Å². The van der Waals surface area contributed by atoms with Crippen LogP contribution in [0.25, 0.3) is 0 Å². The van der Waals surface area contributed by atoms with Crippen molar-refractivity contribution < 1.29 is 31.9 Å². The predicted molar refractivity (Wildman–Crippen MR) is 103 cm³/mol. The first kappa shape index (κ1) is 22.8. The monoisotopic (exact) mass is 441 g/mol. The van der Waals surface area contributed by atoms with E-state index in [0.29, 0.717) is 12.5 Å². The van der Waals surface area contributed by atoms with Gasteiger partial charge in [-0.1, -0.05) is 26.8 Å². The standard InChI is InChI=1S/C21H23F4N3O3/c1-20(2,3)15-10-16(28(27(15)4)11-12-8-9-17(29)31-12)26-19(30)13-6-5-7-14(18(13)22)21(23,24)25/h5-7,10,12H,8-9,11H2,1-4H3/b26-16-/t12-/m1/s1. The van der Waals surface area contributed by atoms with Gasteiger partial charge in [0.05, 0.1) is 17.7 Å². The second-order valence-corrected chi connectivity index (χ2v) is 8.48. The van der Waals surface area contributed by atoms with E-state index in [2.05, 4.69) is 4.99 Å². The highest BCUT2D eigenvalue weighted by atomic mass is 19.4. The summed E-state index contributed by atoms with van der Waals surface area (Å²) in [6.45, 7) is 6.04. The third kappa shape index (κ3) is 4.72. The minimum Gasteiger partial charge on any atom is -0.460 e. The van der Waals surface area contributed by atoms with E-state index in [9.17, 15) is 27.2 Å². The Kier molecular flexibility index (Phi) is 5.86. The summed E-state index contributed by atoms with van der Waals surface area (Å²) < 4.78 is 62.0. The fourth-order valence-electron chi connectivity index (χ4n) is 3.57. The number of cyclic esters (lactones) is 1. The Morgan fingerprint density at radius 3 is 2.48 bits per heavy atom. The molecule has 0 N–H and O–H groups in total. The number of esters is 1. The quantitative estimate of drug-likeness (QED) is 0.539. The van der Waals surface area contributed by atoms with Crippen LogP contribution in [0.1, 0.15) is 55.2 Å². The molecule has 1 aromatic heterocycles. The lowest BCUT2D eigenvalue weighted by Gasteiger charge is -2.21. The predicted octanol–water partition coefficient (Wildman–Crippen LogP) is 3.73. The van der Waals surface area contributed by atoms with Crippen molar-refractivity contribution in [1.29, 1.82) is 0 Å². The molecule has 168 valence electrons. The number of ether oxygens (including phenoxy) is 1. The molecule has 1 atom stereocenters. The summed E-state index contributed by atoms with van der Waals surface area (Å²) in [6.07, 6.45) is -4.58. The Bertz CT molecular complexity index is 1090. The van der Waals surface area contributed by atoms with Crippen LogP contribution in [-0.4, -0.2) is 27.3 Å². The van der Waals surface area contributed by atoms with Gasteiger partial charge < -0.3 is 4.74 Å². The van der Waals surface area contributed by atoms with Gasteiger partial charge in [-0.05, 0) is 18.6 Å². The summed E-state index contributed by atoms with van der Waals surface area (Å²) in [7, 11) is 1.74. The normalized spacial score (nSPS) is 17.9. The number of hydrogen-bond donors (Lipinski definition) is 0. The lowest BCUT2D eigenvalue weighted by molar-refractivity contribution is -0.142. The van der Waals surface area contributed by atoms with Crippen LogP contribution in [0, 0.1) is 5.82 Å². The van der Waals surface area contributed by atoms with Crippen LogP contribution in [0.2, 0.25) is 0 Å². The van der Waals surface area contributed by atoms with Gasteiger partial charge in [-0.15, -0.1) is 0 Å². The van der Waals surface area contributed by atoms with Gasteiger partial charge in [0, 0.05) is 30.6 Å². The fraction of sp³-hybridized carbons (Fsp3) is 0.476. The van der Waals surface area contributed by atoms with Crippen LogP contribution >= 0.6 is 0 Å². The highest BCUT2D eigenvalue weighted by molar-refractivity contribution is 5.95. The zero-order valence-corrected chi connectivity index (χ0v) is 17.6. The van der Waals surface area contributed by atoms with E-state index in [4.69, 9.17) is 4.74 Å². The summed E-state index contributed by atoms with van der Waals surface area (Å²) in [6, 6.07) is 4.13. The number of hydrogen-bond acceptors (Lipinski definition) is 3. The summed E-state index contributed by atoms with van der Waals surface area (Å²) in [5.74, 6) is -3.12. The van der Waals surface area contributed by atoms with Crippen molar-refractivity contribution in [1.82, 2.24) is 9.36 Å². The number of benzene rings is 1. The van der Waals surface area contributed by atoms with Crippen molar-refractivity contribution in [3.8, 4) is 0 Å². The molecule has 0 unspecified atom stereocenters. The molecule has 0 bridgehead atoms. The first-order chi connectivity index (χ1) is 14.3. The smallest absolute Gasteiger partial charge is 0.419 e. The summed E-state index contributed by atoms with van der Waals surface area (Å²) in [5.41, 5.74) is -1.72. The molecule has 10 heteroatoms. The Hall–Kier alpha value is -2.91. The molecule has 0 spiro atoms. The maximum atomic E-state index is 14.4. The number of halogens is 4. The molecule has 2 heterocycles. The topological polar surface area (TPSA) is 65.6 Å². The largest absolute Gasteiger partial charge is 0.460 e. The average Bonchev–Trinajstić information content (AvgIpc) is 3.18. The Morgan fingerprint density at radius 1 is 1.26 bits per heavy atom. The van der Waals surface area contributed by atoms with Crippen molar-refractivity contribution in [3.05, 3.63) is 52.4 Å². The molecular formula is C21H23F4N3O3. The summed E-state index contributed by atoms with van der Waals surface area (Å²) in [5, 5.41) is 0. The number of amides is 1. The van der Waals surface area contributed by atoms with Crippen LogP contribution in [0.5, 0.6) is 0 Å². The Balaban J connectivity index is 2.09. The molecule has 1 amide bonds. The molecule has 1 fully saturated rings. The summed E-state index contributed by atoms with van der Waals surface area (Å²) in [4.78, 5) is 28.0. The first-order valence-electron chi connectivity index (χ1n) is 9.70. The second-order valence-electron chi connectivity index (χ2n) is 8.48. The SMILES string of the molecule is Cn1c(C(C)(C)C)c/c(=N/C(=O)c2cccc(C(F)(F)F)c2F)n1C[C@H]1CCC(=O)O1. The van der Waals surface area contributed by atoms with E-state index < -0.39 is 35.1 Å². The minimum atomic E-state index is -4.93. The molecule has 0 radical (unpaired) electrons. The van der Waals surface area contributed by atoms with Crippen molar-refractivity contribution in [2.75, 3.05) is 0 Å². The lowest BCUT2D eigenvalue weighted by atomic mass is 9.92. The van der Waals surface area contributed by atoms with E-state index in [1.807, 2.05) is 20.8 Å². The van der Waals surface area contributed by atoms with Crippen LogP contribution in [-0.2, 0) is 34.7 Å². The van der Waals surface area contributed by atoms with Gasteiger partial charge in [0.1, 0.15) is 11.9 Å². The number of carbonyl (C=O) groups excluding carboxylic acids is 2. The van der Waals surface area contributed by atoms with Gasteiger partial charge in [-0.25, -0.2) is 4.39 Å².